The smallest absolute Gasteiger partial charge is 0.0770 e. The molecule has 4 N–H and O–H groups in total. The van der Waals surface area contributed by atoms with Gasteiger partial charge in [0.25, 0.3) is 0 Å². The Balaban J connectivity index is 3.04. The van der Waals surface area contributed by atoms with E-state index >= 15 is 0 Å². The lowest BCUT2D eigenvalue weighted by Gasteiger charge is -2.07. The van der Waals surface area contributed by atoms with E-state index in [9.17, 15) is 0 Å². The summed E-state index contributed by atoms with van der Waals surface area (Å²) in [6, 6.07) is 0. The normalized spacial score (nSPS) is 14.8. The molecule has 0 aromatic carbocycles. The second-order valence-corrected chi connectivity index (χ2v) is 4.73. The van der Waals surface area contributed by atoms with Crippen LogP contribution in [0.3, 0.4) is 0 Å². The number of rotatable bonds is 12. The van der Waals surface area contributed by atoms with Gasteiger partial charge in [-0.05, 0) is 12.8 Å². The van der Waals surface area contributed by atoms with Gasteiger partial charge in [-0.1, -0.05) is 44.9 Å². The summed E-state index contributed by atoms with van der Waals surface area (Å²) in [6.07, 6.45) is 7.98. The first-order chi connectivity index (χ1) is 8.20. The van der Waals surface area contributed by atoms with Crippen molar-refractivity contribution in [3.8, 4) is 0 Å². The zero-order valence-corrected chi connectivity index (χ0v) is 10.7. The molecule has 0 saturated carbocycles. The Labute approximate surface area is 104 Å². The highest BCUT2D eigenvalue weighted by molar-refractivity contribution is 4.55. The molecule has 17 heavy (non-hydrogen) atoms. The van der Waals surface area contributed by atoms with E-state index in [0.29, 0.717) is 12.8 Å². The highest BCUT2D eigenvalue weighted by atomic mass is 16.3. The zero-order chi connectivity index (χ0) is 12.9. The summed E-state index contributed by atoms with van der Waals surface area (Å²) in [7, 11) is 0. The summed E-state index contributed by atoms with van der Waals surface area (Å²) in [5, 5.41) is 35.4. The third-order valence-corrected chi connectivity index (χ3v) is 3.00. The van der Waals surface area contributed by atoms with Crippen LogP contribution >= 0.6 is 0 Å². The molecule has 0 radical (unpaired) electrons. The second kappa shape index (κ2) is 12.3. The highest BCUT2D eigenvalue weighted by Crippen LogP contribution is 2.11. The summed E-state index contributed by atoms with van der Waals surface area (Å²) >= 11 is 0. The molecular formula is C13H28O4. The quantitative estimate of drug-likeness (QED) is 0.391. The van der Waals surface area contributed by atoms with Crippen LogP contribution in [0.25, 0.3) is 0 Å². The zero-order valence-electron chi connectivity index (χ0n) is 10.7. The van der Waals surface area contributed by atoms with Crippen molar-refractivity contribution in [3.05, 3.63) is 0 Å². The SMILES string of the molecule is OCC(O)CCCCCCCCCC(O)CO. The number of hydrogen-bond donors (Lipinski definition) is 4. The Morgan fingerprint density at radius 1 is 0.529 bits per heavy atom. The third-order valence-electron chi connectivity index (χ3n) is 3.00. The lowest BCUT2D eigenvalue weighted by molar-refractivity contribution is 0.0855. The molecule has 0 aliphatic carbocycles. The van der Waals surface area contributed by atoms with E-state index in [1.807, 2.05) is 0 Å². The molecule has 0 aromatic heterocycles. The predicted octanol–water partition coefficient (Wildman–Crippen LogP) is 1.20. The maximum atomic E-state index is 9.11. The minimum Gasteiger partial charge on any atom is -0.394 e. The van der Waals surface area contributed by atoms with Gasteiger partial charge in [0.2, 0.25) is 0 Å². The molecule has 0 aromatic rings. The van der Waals surface area contributed by atoms with Gasteiger partial charge in [-0.25, -0.2) is 0 Å². The molecule has 0 rings (SSSR count). The number of unbranched alkanes of at least 4 members (excludes halogenated alkanes) is 6. The Morgan fingerprint density at radius 3 is 1.12 bits per heavy atom. The highest BCUT2D eigenvalue weighted by Gasteiger charge is 2.02. The summed E-state index contributed by atoms with van der Waals surface area (Å²) in [4.78, 5) is 0. The average molecular weight is 248 g/mol. The van der Waals surface area contributed by atoms with Crippen LogP contribution < -0.4 is 0 Å². The molecule has 0 bridgehead atoms. The number of aliphatic hydroxyl groups is 4. The summed E-state index contributed by atoms with van der Waals surface area (Å²) in [5.41, 5.74) is 0. The molecule has 2 atom stereocenters. The molecule has 0 fully saturated rings. The summed E-state index contributed by atoms with van der Waals surface area (Å²) in [5.74, 6) is 0. The topological polar surface area (TPSA) is 80.9 Å². The molecule has 0 spiro atoms. The lowest BCUT2D eigenvalue weighted by atomic mass is 10.0. The maximum absolute atomic E-state index is 9.11. The van der Waals surface area contributed by atoms with Crippen molar-refractivity contribution in [1.29, 1.82) is 0 Å². The van der Waals surface area contributed by atoms with E-state index in [-0.39, 0.29) is 13.2 Å². The Hall–Kier alpha value is -0.160. The minimum atomic E-state index is -0.546. The van der Waals surface area contributed by atoms with Crippen molar-refractivity contribution in [2.45, 2.75) is 70.0 Å². The molecular weight excluding hydrogens is 220 g/mol. The van der Waals surface area contributed by atoms with Crippen LogP contribution in [0.4, 0.5) is 0 Å². The maximum Gasteiger partial charge on any atom is 0.0770 e. The van der Waals surface area contributed by atoms with Gasteiger partial charge in [-0.15, -0.1) is 0 Å². The molecule has 104 valence electrons. The van der Waals surface area contributed by atoms with E-state index in [2.05, 4.69) is 0 Å². The van der Waals surface area contributed by atoms with E-state index in [4.69, 9.17) is 20.4 Å². The van der Waals surface area contributed by atoms with Crippen LogP contribution in [0.15, 0.2) is 0 Å². The third kappa shape index (κ3) is 12.1. The van der Waals surface area contributed by atoms with Crippen LogP contribution in [0.1, 0.15) is 57.8 Å². The molecule has 0 aliphatic heterocycles. The van der Waals surface area contributed by atoms with Crippen molar-refractivity contribution in [2.24, 2.45) is 0 Å². The Bertz CT molecular complexity index is 136. The Morgan fingerprint density at radius 2 is 0.824 bits per heavy atom. The average Bonchev–Trinajstić information content (AvgIpc) is 2.35. The van der Waals surface area contributed by atoms with Gasteiger partial charge in [0.1, 0.15) is 0 Å². The van der Waals surface area contributed by atoms with Crippen molar-refractivity contribution in [3.63, 3.8) is 0 Å². The van der Waals surface area contributed by atoms with Crippen molar-refractivity contribution in [1.82, 2.24) is 0 Å². The van der Waals surface area contributed by atoms with Gasteiger partial charge in [0, 0.05) is 0 Å². The first-order valence-corrected chi connectivity index (χ1v) is 6.78. The fraction of sp³-hybridized carbons (Fsp3) is 1.00. The fourth-order valence-electron chi connectivity index (χ4n) is 1.83. The van der Waals surface area contributed by atoms with Crippen LogP contribution in [-0.4, -0.2) is 45.8 Å². The molecule has 0 heterocycles. The van der Waals surface area contributed by atoms with Crippen molar-refractivity contribution in [2.75, 3.05) is 13.2 Å². The lowest BCUT2D eigenvalue weighted by Crippen LogP contribution is -2.11. The molecule has 4 heteroatoms. The minimum absolute atomic E-state index is 0.132. The first kappa shape index (κ1) is 16.8. The van der Waals surface area contributed by atoms with E-state index in [1.165, 1.54) is 19.3 Å². The first-order valence-electron chi connectivity index (χ1n) is 6.78. The predicted molar refractivity (Wildman–Crippen MR) is 67.7 cm³/mol. The standard InChI is InChI=1S/C13H28O4/c14-10-12(16)8-6-4-2-1-3-5-7-9-13(17)11-15/h12-17H,1-11H2. The van der Waals surface area contributed by atoms with Gasteiger partial charge >= 0.3 is 0 Å². The molecule has 0 amide bonds. The van der Waals surface area contributed by atoms with Gasteiger partial charge in [0.15, 0.2) is 0 Å². The van der Waals surface area contributed by atoms with Gasteiger partial charge < -0.3 is 20.4 Å². The number of hydrogen-bond acceptors (Lipinski definition) is 4. The second-order valence-electron chi connectivity index (χ2n) is 4.73. The van der Waals surface area contributed by atoms with Gasteiger partial charge in [-0.2, -0.15) is 0 Å². The summed E-state index contributed by atoms with van der Waals surface area (Å²) < 4.78 is 0. The van der Waals surface area contributed by atoms with Crippen molar-refractivity contribution >= 4 is 0 Å². The number of aliphatic hydroxyl groups excluding tert-OH is 4. The van der Waals surface area contributed by atoms with Crippen LogP contribution in [0, 0.1) is 0 Å². The largest absolute Gasteiger partial charge is 0.394 e. The van der Waals surface area contributed by atoms with Gasteiger partial charge in [0.05, 0.1) is 25.4 Å². The Kier molecular flexibility index (Phi) is 12.2. The van der Waals surface area contributed by atoms with Crippen LogP contribution in [0.5, 0.6) is 0 Å². The van der Waals surface area contributed by atoms with Crippen molar-refractivity contribution < 1.29 is 20.4 Å². The van der Waals surface area contributed by atoms with E-state index < -0.39 is 12.2 Å². The van der Waals surface area contributed by atoms with Crippen LogP contribution in [-0.2, 0) is 0 Å². The van der Waals surface area contributed by atoms with Gasteiger partial charge in [-0.3, -0.25) is 0 Å². The molecule has 4 nitrogen and oxygen atoms in total. The van der Waals surface area contributed by atoms with Crippen LogP contribution in [0.2, 0.25) is 0 Å². The van der Waals surface area contributed by atoms with E-state index in [0.717, 1.165) is 25.7 Å². The fourth-order valence-corrected chi connectivity index (χ4v) is 1.83. The summed E-state index contributed by atoms with van der Waals surface area (Å²) in [6.45, 7) is -0.264. The monoisotopic (exact) mass is 248 g/mol. The van der Waals surface area contributed by atoms with E-state index in [1.54, 1.807) is 0 Å². The molecule has 2 unspecified atom stereocenters. The molecule has 0 saturated heterocycles. The molecule has 0 aliphatic rings.